The van der Waals surface area contributed by atoms with E-state index in [9.17, 15) is 0 Å². The van der Waals surface area contributed by atoms with Crippen LogP contribution in [0.15, 0.2) is 11.4 Å². The number of nitrogen functional groups attached to an aromatic ring is 1. The molecule has 86 valence electrons. The van der Waals surface area contributed by atoms with Crippen molar-refractivity contribution in [2.75, 3.05) is 12.3 Å². The highest BCUT2D eigenvalue weighted by Crippen LogP contribution is 2.24. The summed E-state index contributed by atoms with van der Waals surface area (Å²) in [6.45, 7) is 2.14. The molecule has 2 rings (SSSR count). The van der Waals surface area contributed by atoms with Crippen LogP contribution in [0.1, 0.15) is 12.7 Å². The van der Waals surface area contributed by atoms with Gasteiger partial charge in [0.15, 0.2) is 0 Å². The van der Waals surface area contributed by atoms with Crippen molar-refractivity contribution in [3.05, 3.63) is 17.3 Å². The fraction of sp³-hybridized carbons (Fsp3) is 0.400. The summed E-state index contributed by atoms with van der Waals surface area (Å²) in [6.07, 6.45) is 0. The second-order valence-electron chi connectivity index (χ2n) is 3.47. The third-order valence-corrected chi connectivity index (χ3v) is 4.10. The molecule has 0 aliphatic rings. The number of hydrogen-bond donors (Lipinski definition) is 2. The second-order valence-corrected chi connectivity index (χ2v) is 5.79. The lowest BCUT2D eigenvalue weighted by Gasteiger charge is -2.06. The van der Waals surface area contributed by atoms with Crippen molar-refractivity contribution < 1.29 is 5.11 Å². The zero-order valence-electron chi connectivity index (χ0n) is 8.88. The summed E-state index contributed by atoms with van der Waals surface area (Å²) in [5.74, 6) is 1.95. The summed E-state index contributed by atoms with van der Waals surface area (Å²) in [7, 11) is 0. The number of aromatic nitrogens is 2. The fourth-order valence-corrected chi connectivity index (χ4v) is 2.72. The molecule has 2 aromatic rings. The minimum Gasteiger partial charge on any atom is -0.395 e. The van der Waals surface area contributed by atoms with Crippen LogP contribution in [0.4, 0.5) is 5.82 Å². The largest absolute Gasteiger partial charge is 0.395 e. The number of nitrogens with two attached hydrogens (primary N) is 1. The molecular formula is C10H13N3OS2. The van der Waals surface area contributed by atoms with Crippen LogP contribution in [-0.2, 0) is 5.75 Å². The lowest BCUT2D eigenvalue weighted by atomic mass is 10.4. The molecule has 2 aromatic heterocycles. The average molecular weight is 255 g/mol. The molecule has 6 heteroatoms. The zero-order chi connectivity index (χ0) is 11.5. The van der Waals surface area contributed by atoms with Crippen LogP contribution in [0.2, 0.25) is 0 Å². The van der Waals surface area contributed by atoms with Gasteiger partial charge in [0.2, 0.25) is 0 Å². The predicted molar refractivity (Wildman–Crippen MR) is 69.7 cm³/mol. The summed E-state index contributed by atoms with van der Waals surface area (Å²) in [4.78, 5) is 9.61. The van der Waals surface area contributed by atoms with Crippen LogP contribution in [0.5, 0.6) is 0 Å². The van der Waals surface area contributed by atoms with Crippen LogP contribution in [0.3, 0.4) is 0 Å². The smallest absolute Gasteiger partial charge is 0.142 e. The standard InChI is InChI=1S/C10H13N3OS2/c1-6(4-14)16-5-8-12-9(11)7-2-3-15-10(7)13-8/h2-3,6,14H,4-5H2,1H3,(H2,11,12,13). The van der Waals surface area contributed by atoms with Crippen molar-refractivity contribution in [3.63, 3.8) is 0 Å². The Bertz CT molecular complexity index is 486. The molecule has 0 fully saturated rings. The molecule has 0 spiro atoms. The van der Waals surface area contributed by atoms with E-state index in [0.29, 0.717) is 11.6 Å². The van der Waals surface area contributed by atoms with E-state index in [1.54, 1.807) is 23.1 Å². The van der Waals surface area contributed by atoms with Gasteiger partial charge >= 0.3 is 0 Å². The molecule has 1 atom stereocenters. The Morgan fingerprint density at radius 1 is 1.56 bits per heavy atom. The first-order chi connectivity index (χ1) is 7.70. The highest BCUT2D eigenvalue weighted by atomic mass is 32.2. The van der Waals surface area contributed by atoms with Crippen molar-refractivity contribution in [1.82, 2.24) is 9.97 Å². The minimum absolute atomic E-state index is 0.168. The van der Waals surface area contributed by atoms with Gasteiger partial charge in [0.1, 0.15) is 16.5 Å². The first kappa shape index (κ1) is 11.6. The Morgan fingerprint density at radius 2 is 2.38 bits per heavy atom. The monoisotopic (exact) mass is 255 g/mol. The van der Waals surface area contributed by atoms with Gasteiger partial charge in [-0.3, -0.25) is 0 Å². The Balaban J connectivity index is 2.18. The average Bonchev–Trinajstić information content (AvgIpc) is 2.74. The number of aliphatic hydroxyl groups is 1. The fourth-order valence-electron chi connectivity index (χ4n) is 1.26. The Labute approximate surface area is 102 Å². The molecule has 3 N–H and O–H groups in total. The molecule has 2 heterocycles. The van der Waals surface area contributed by atoms with Gasteiger partial charge in [-0.25, -0.2) is 9.97 Å². The van der Waals surface area contributed by atoms with Gasteiger partial charge in [0.25, 0.3) is 0 Å². The second kappa shape index (κ2) is 4.99. The van der Waals surface area contributed by atoms with Crippen LogP contribution in [0.25, 0.3) is 10.2 Å². The molecule has 0 aromatic carbocycles. The van der Waals surface area contributed by atoms with E-state index in [1.165, 1.54) is 0 Å². The lowest BCUT2D eigenvalue weighted by molar-refractivity contribution is 0.300. The van der Waals surface area contributed by atoms with Crippen molar-refractivity contribution in [1.29, 1.82) is 0 Å². The van der Waals surface area contributed by atoms with Crippen molar-refractivity contribution in [2.45, 2.75) is 17.9 Å². The minimum atomic E-state index is 0.168. The maximum absolute atomic E-state index is 8.92. The molecule has 0 aliphatic heterocycles. The third-order valence-electron chi connectivity index (χ3n) is 2.15. The summed E-state index contributed by atoms with van der Waals surface area (Å²) in [5.41, 5.74) is 5.84. The molecule has 16 heavy (non-hydrogen) atoms. The summed E-state index contributed by atoms with van der Waals surface area (Å²) in [6, 6.07) is 1.93. The highest BCUT2D eigenvalue weighted by Gasteiger charge is 2.08. The predicted octanol–water partition coefficient (Wildman–Crippen LogP) is 1.89. The Morgan fingerprint density at radius 3 is 3.12 bits per heavy atom. The van der Waals surface area contributed by atoms with E-state index in [1.807, 2.05) is 18.4 Å². The maximum Gasteiger partial charge on any atom is 0.142 e. The van der Waals surface area contributed by atoms with Crippen LogP contribution < -0.4 is 5.73 Å². The Kier molecular flexibility index (Phi) is 3.63. The van der Waals surface area contributed by atoms with E-state index in [0.717, 1.165) is 16.0 Å². The van der Waals surface area contributed by atoms with Crippen molar-refractivity contribution in [2.24, 2.45) is 0 Å². The maximum atomic E-state index is 8.92. The molecular weight excluding hydrogens is 242 g/mol. The van der Waals surface area contributed by atoms with E-state index in [4.69, 9.17) is 10.8 Å². The van der Waals surface area contributed by atoms with Gasteiger partial charge in [-0.05, 0) is 11.4 Å². The quantitative estimate of drug-likeness (QED) is 0.873. The van der Waals surface area contributed by atoms with E-state index >= 15 is 0 Å². The first-order valence-electron chi connectivity index (χ1n) is 4.92. The summed E-state index contributed by atoms with van der Waals surface area (Å²) in [5, 5.41) is 12.0. The lowest BCUT2D eigenvalue weighted by Crippen LogP contribution is -2.04. The molecule has 0 aliphatic carbocycles. The number of aliphatic hydroxyl groups excluding tert-OH is 1. The number of anilines is 1. The molecule has 0 amide bonds. The van der Waals surface area contributed by atoms with Gasteiger partial charge in [0, 0.05) is 5.25 Å². The summed E-state index contributed by atoms with van der Waals surface area (Å²) < 4.78 is 0. The number of rotatable bonds is 4. The van der Waals surface area contributed by atoms with Crippen LogP contribution >= 0.6 is 23.1 Å². The van der Waals surface area contributed by atoms with Crippen LogP contribution in [0, 0.1) is 0 Å². The number of fused-ring (bicyclic) bond motifs is 1. The zero-order valence-corrected chi connectivity index (χ0v) is 10.5. The first-order valence-corrected chi connectivity index (χ1v) is 6.85. The van der Waals surface area contributed by atoms with Gasteiger partial charge in [-0.1, -0.05) is 6.92 Å². The van der Waals surface area contributed by atoms with E-state index in [2.05, 4.69) is 9.97 Å². The molecule has 0 bridgehead atoms. The number of thiophene rings is 1. The van der Waals surface area contributed by atoms with E-state index < -0.39 is 0 Å². The SMILES string of the molecule is CC(CO)SCc1nc(N)c2ccsc2n1. The number of nitrogens with zero attached hydrogens (tertiary/aromatic N) is 2. The van der Waals surface area contributed by atoms with Gasteiger partial charge in [0.05, 0.1) is 17.7 Å². The van der Waals surface area contributed by atoms with Gasteiger partial charge in [-0.2, -0.15) is 0 Å². The topological polar surface area (TPSA) is 72.0 Å². The molecule has 1 unspecified atom stereocenters. The van der Waals surface area contributed by atoms with Gasteiger partial charge < -0.3 is 10.8 Å². The molecule has 0 saturated carbocycles. The van der Waals surface area contributed by atoms with Crippen molar-refractivity contribution >= 4 is 39.1 Å². The Hall–Kier alpha value is -0.850. The number of thioether (sulfide) groups is 1. The van der Waals surface area contributed by atoms with Crippen molar-refractivity contribution in [3.8, 4) is 0 Å². The third kappa shape index (κ3) is 2.45. The summed E-state index contributed by atoms with van der Waals surface area (Å²) >= 11 is 3.19. The molecule has 4 nitrogen and oxygen atoms in total. The molecule has 0 radical (unpaired) electrons. The highest BCUT2D eigenvalue weighted by molar-refractivity contribution is 7.99. The van der Waals surface area contributed by atoms with Gasteiger partial charge in [-0.15, -0.1) is 23.1 Å². The van der Waals surface area contributed by atoms with Crippen LogP contribution in [-0.4, -0.2) is 26.9 Å². The number of hydrogen-bond acceptors (Lipinski definition) is 6. The van der Waals surface area contributed by atoms with E-state index in [-0.39, 0.29) is 11.9 Å². The molecule has 0 saturated heterocycles. The normalized spacial score (nSPS) is 13.1.